The summed E-state index contributed by atoms with van der Waals surface area (Å²) in [5.41, 5.74) is 0. The van der Waals surface area contributed by atoms with Crippen LogP contribution in [0.15, 0.2) is 36.5 Å². The molecule has 1 saturated heterocycles. The van der Waals surface area contributed by atoms with Gasteiger partial charge in [0.1, 0.15) is 36.8 Å². The molecule has 6 atom stereocenters. The highest BCUT2D eigenvalue weighted by molar-refractivity contribution is 7.85. The SMILES string of the molecule is CCCCCCCC/C=C/CCCCCCCCCCCC(=O)O[C@H](COC(=O)CCC/C=C/C/C=C/CCCCCCCCCCC)CO[C@H]1O[C@H](CS(=O)(=O)O)[C@@H](O)C(O)C1O. The molecule has 2 unspecified atom stereocenters. The first-order valence-electron chi connectivity index (χ1n) is 25.5. The molecule has 64 heavy (non-hydrogen) atoms. The number of carbonyl (C=O) groups is 2. The lowest BCUT2D eigenvalue weighted by atomic mass is 10.00. The molecule has 0 bridgehead atoms. The fourth-order valence-corrected chi connectivity index (χ4v) is 8.40. The molecule has 0 aliphatic carbocycles. The van der Waals surface area contributed by atoms with Crippen LogP contribution in [0.5, 0.6) is 0 Å². The molecule has 1 heterocycles. The second-order valence-electron chi connectivity index (χ2n) is 17.8. The molecule has 12 nitrogen and oxygen atoms in total. The highest BCUT2D eigenvalue weighted by atomic mass is 32.2. The summed E-state index contributed by atoms with van der Waals surface area (Å²) in [6, 6.07) is 0. The van der Waals surface area contributed by atoms with E-state index in [4.69, 9.17) is 18.9 Å². The number of aliphatic hydroxyl groups excluding tert-OH is 3. The molecular weight excluding hydrogens is 837 g/mol. The van der Waals surface area contributed by atoms with Crippen molar-refractivity contribution in [1.82, 2.24) is 0 Å². The van der Waals surface area contributed by atoms with Crippen molar-refractivity contribution in [3.63, 3.8) is 0 Å². The Morgan fingerprint density at radius 2 is 0.953 bits per heavy atom. The maximum atomic E-state index is 12.9. The minimum Gasteiger partial charge on any atom is -0.462 e. The van der Waals surface area contributed by atoms with Gasteiger partial charge in [0.2, 0.25) is 0 Å². The first-order chi connectivity index (χ1) is 31.0. The Bertz CT molecular complexity index is 1320. The maximum absolute atomic E-state index is 12.9. The monoisotopic (exact) mass is 929 g/mol. The van der Waals surface area contributed by atoms with Crippen LogP contribution >= 0.6 is 0 Å². The van der Waals surface area contributed by atoms with Crippen LogP contribution in [0.4, 0.5) is 0 Å². The Labute approximate surface area is 389 Å². The molecule has 374 valence electrons. The average molecular weight is 929 g/mol. The van der Waals surface area contributed by atoms with Crippen LogP contribution in [-0.2, 0) is 38.7 Å². The van der Waals surface area contributed by atoms with E-state index in [1.54, 1.807) is 0 Å². The molecule has 1 aliphatic rings. The number of hydrogen-bond donors (Lipinski definition) is 4. The molecule has 0 aromatic carbocycles. The van der Waals surface area contributed by atoms with E-state index in [1.165, 1.54) is 135 Å². The first kappa shape index (κ1) is 59.9. The third-order valence-corrected chi connectivity index (χ3v) is 12.4. The predicted octanol–water partition coefficient (Wildman–Crippen LogP) is 11.3. The summed E-state index contributed by atoms with van der Waals surface area (Å²) in [5, 5.41) is 31.0. The molecule has 0 amide bonds. The van der Waals surface area contributed by atoms with Gasteiger partial charge in [0.25, 0.3) is 10.1 Å². The molecule has 13 heteroatoms. The number of ether oxygens (including phenoxy) is 4. The van der Waals surface area contributed by atoms with Crippen LogP contribution < -0.4 is 0 Å². The van der Waals surface area contributed by atoms with Gasteiger partial charge in [-0.3, -0.25) is 14.1 Å². The third kappa shape index (κ3) is 35.1. The van der Waals surface area contributed by atoms with Gasteiger partial charge in [-0.05, 0) is 64.2 Å². The Hall–Kier alpha value is -2.13. The summed E-state index contributed by atoms with van der Waals surface area (Å²) in [7, 11) is -4.61. The van der Waals surface area contributed by atoms with Crippen molar-refractivity contribution in [2.24, 2.45) is 0 Å². The summed E-state index contributed by atoms with van der Waals surface area (Å²) in [6.45, 7) is 3.74. The van der Waals surface area contributed by atoms with Crippen LogP contribution in [0.25, 0.3) is 0 Å². The van der Waals surface area contributed by atoms with Gasteiger partial charge in [-0.2, -0.15) is 8.42 Å². The molecule has 0 radical (unpaired) electrons. The van der Waals surface area contributed by atoms with Crippen LogP contribution in [0.3, 0.4) is 0 Å². The van der Waals surface area contributed by atoms with Gasteiger partial charge in [0.15, 0.2) is 12.4 Å². The highest BCUT2D eigenvalue weighted by Crippen LogP contribution is 2.24. The number of rotatable bonds is 43. The van der Waals surface area contributed by atoms with Crippen LogP contribution in [0.1, 0.15) is 219 Å². The van der Waals surface area contributed by atoms with E-state index in [9.17, 15) is 37.9 Å². The zero-order valence-corrected chi connectivity index (χ0v) is 41.0. The minimum atomic E-state index is -4.61. The number of carbonyl (C=O) groups excluding carboxylic acids is 2. The highest BCUT2D eigenvalue weighted by Gasteiger charge is 2.46. The van der Waals surface area contributed by atoms with E-state index in [0.717, 1.165) is 38.5 Å². The Morgan fingerprint density at radius 3 is 1.44 bits per heavy atom. The van der Waals surface area contributed by atoms with Gasteiger partial charge in [0.05, 0.1) is 6.61 Å². The van der Waals surface area contributed by atoms with Gasteiger partial charge in [-0.15, -0.1) is 0 Å². The molecule has 0 aromatic rings. The Balaban J connectivity index is 2.41. The van der Waals surface area contributed by atoms with Gasteiger partial charge in [-0.25, -0.2) is 0 Å². The fraction of sp³-hybridized carbons (Fsp3) is 0.843. The smallest absolute Gasteiger partial charge is 0.306 e. The van der Waals surface area contributed by atoms with Gasteiger partial charge in [-0.1, -0.05) is 179 Å². The van der Waals surface area contributed by atoms with Crippen LogP contribution in [0, 0.1) is 0 Å². The molecule has 1 aliphatic heterocycles. The minimum absolute atomic E-state index is 0.154. The summed E-state index contributed by atoms with van der Waals surface area (Å²) < 4.78 is 54.2. The van der Waals surface area contributed by atoms with E-state index in [1.807, 2.05) is 6.08 Å². The average Bonchev–Trinajstić information content (AvgIpc) is 3.26. The van der Waals surface area contributed by atoms with Gasteiger partial charge < -0.3 is 34.3 Å². The van der Waals surface area contributed by atoms with Crippen molar-refractivity contribution in [3.05, 3.63) is 36.5 Å². The Morgan fingerprint density at radius 1 is 0.531 bits per heavy atom. The van der Waals surface area contributed by atoms with E-state index < -0.39 is 71.2 Å². The normalized spacial score (nSPS) is 19.9. The molecule has 0 spiro atoms. The van der Waals surface area contributed by atoms with Crippen molar-refractivity contribution in [2.45, 2.75) is 256 Å². The summed E-state index contributed by atoms with van der Waals surface area (Å²) in [6.07, 6.45) is 39.1. The first-order valence-corrected chi connectivity index (χ1v) is 27.2. The third-order valence-electron chi connectivity index (χ3n) is 11.7. The zero-order chi connectivity index (χ0) is 46.9. The largest absolute Gasteiger partial charge is 0.462 e. The van der Waals surface area contributed by atoms with Crippen molar-refractivity contribution >= 4 is 22.1 Å². The number of unbranched alkanes of at least 4 members (excludes halogenated alkanes) is 25. The van der Waals surface area contributed by atoms with Gasteiger partial charge >= 0.3 is 11.9 Å². The summed E-state index contributed by atoms with van der Waals surface area (Å²) in [4.78, 5) is 25.5. The fourth-order valence-electron chi connectivity index (χ4n) is 7.71. The van der Waals surface area contributed by atoms with Crippen molar-refractivity contribution < 1.29 is 56.8 Å². The topological polar surface area (TPSA) is 186 Å². The quantitative estimate of drug-likeness (QED) is 0.0196. The predicted molar refractivity (Wildman–Crippen MR) is 256 cm³/mol. The Kier molecular flexibility index (Phi) is 38.4. The lowest BCUT2D eigenvalue weighted by Gasteiger charge is -2.40. The van der Waals surface area contributed by atoms with Crippen molar-refractivity contribution in [3.8, 4) is 0 Å². The second kappa shape index (κ2) is 41.1. The van der Waals surface area contributed by atoms with Crippen LogP contribution in [-0.4, -0.2) is 96.0 Å². The summed E-state index contributed by atoms with van der Waals surface area (Å²) >= 11 is 0. The van der Waals surface area contributed by atoms with E-state index in [2.05, 4.69) is 44.2 Å². The number of allylic oxidation sites excluding steroid dienone is 6. The van der Waals surface area contributed by atoms with Crippen LogP contribution in [0.2, 0.25) is 0 Å². The van der Waals surface area contributed by atoms with E-state index >= 15 is 0 Å². The molecule has 1 fully saturated rings. The second-order valence-corrected chi connectivity index (χ2v) is 19.3. The maximum Gasteiger partial charge on any atom is 0.306 e. The number of esters is 2. The molecular formula is C51H92O12S. The zero-order valence-electron chi connectivity index (χ0n) is 40.1. The lowest BCUT2D eigenvalue weighted by molar-refractivity contribution is -0.297. The number of hydrogen-bond acceptors (Lipinski definition) is 11. The number of aliphatic hydroxyl groups is 3. The van der Waals surface area contributed by atoms with E-state index in [-0.39, 0.29) is 19.4 Å². The van der Waals surface area contributed by atoms with Gasteiger partial charge in [0, 0.05) is 12.8 Å². The summed E-state index contributed by atoms with van der Waals surface area (Å²) in [5.74, 6) is -2.04. The molecule has 1 rings (SSSR count). The molecule has 4 N–H and O–H groups in total. The van der Waals surface area contributed by atoms with Crippen molar-refractivity contribution in [2.75, 3.05) is 19.0 Å². The van der Waals surface area contributed by atoms with E-state index in [0.29, 0.717) is 19.3 Å². The lowest BCUT2D eigenvalue weighted by Crippen LogP contribution is -2.60. The molecule has 0 saturated carbocycles. The van der Waals surface area contributed by atoms with Crippen molar-refractivity contribution in [1.29, 1.82) is 0 Å². The molecule has 0 aromatic heterocycles. The standard InChI is InChI=1S/C51H92O12S/c1-3-5-7-9-11-13-15-17-19-21-22-24-26-28-30-32-34-36-38-40-47(53)62-44(42-61-51-50(56)49(55)48(54)45(63-51)43-64(57,58)59)41-60-46(52)39-37-35-33-31-29-27-25-23-20-18-16-14-12-10-8-6-4-2/h17,19,25,27,31,33,44-45,48-51,54-56H,3-16,18,20-24,26,28-30,32,34-43H2,1-2H3,(H,57,58,59)/b19-17+,27-25+,33-31+/t44-,45-,48-,49?,50?,51+/m1/s1.